The third-order valence-electron chi connectivity index (χ3n) is 3.47. The molecule has 0 radical (unpaired) electrons. The van der Waals surface area contributed by atoms with Gasteiger partial charge in [-0.1, -0.05) is 29.5 Å². The molecule has 0 aliphatic rings. The molecule has 7 nitrogen and oxygen atoms in total. The number of thioether (sulfide) groups is 1. The molecule has 1 N–H and O–H groups in total. The lowest BCUT2D eigenvalue weighted by atomic mass is 10.2. The maximum Gasteiger partial charge on any atom is 0.269 e. The van der Waals surface area contributed by atoms with Crippen LogP contribution in [0.5, 0.6) is 0 Å². The number of halogens is 1. The molecule has 27 heavy (non-hydrogen) atoms. The standard InChI is InChI=1S/C17H13FN4O3S2/c18-14-4-2-1-3-12(14)9-26-10-15-20-21-17(27-15)19-16(23)11-5-7-13(8-6-11)22(24)25/h1-8H,9-10H2,(H,19,21,23). The molecular weight excluding hydrogens is 391 g/mol. The van der Waals surface area contributed by atoms with Crippen LogP contribution in [-0.4, -0.2) is 21.0 Å². The van der Waals surface area contributed by atoms with Crippen molar-refractivity contribution in [2.45, 2.75) is 11.5 Å². The number of amides is 1. The van der Waals surface area contributed by atoms with Crippen LogP contribution >= 0.6 is 23.1 Å². The average molecular weight is 404 g/mol. The molecule has 0 aliphatic heterocycles. The second kappa shape index (κ2) is 8.69. The number of hydrogen-bond acceptors (Lipinski definition) is 7. The van der Waals surface area contributed by atoms with Gasteiger partial charge in [-0.05, 0) is 23.8 Å². The number of nitrogens with zero attached hydrogens (tertiary/aromatic N) is 3. The van der Waals surface area contributed by atoms with Gasteiger partial charge in [-0.25, -0.2) is 4.39 Å². The fraction of sp³-hybridized carbons (Fsp3) is 0.118. The summed E-state index contributed by atoms with van der Waals surface area (Å²) in [6.45, 7) is 0. The molecule has 138 valence electrons. The number of carbonyl (C=O) groups excluding carboxylic acids is 1. The lowest BCUT2D eigenvalue weighted by Gasteiger charge is -2.01. The minimum Gasteiger partial charge on any atom is -0.296 e. The van der Waals surface area contributed by atoms with Gasteiger partial charge in [0.25, 0.3) is 11.6 Å². The molecule has 0 fully saturated rings. The predicted octanol–water partition coefficient (Wildman–Crippen LogP) is 4.27. The summed E-state index contributed by atoms with van der Waals surface area (Å²) < 4.78 is 13.6. The Morgan fingerprint density at radius 2 is 1.89 bits per heavy atom. The van der Waals surface area contributed by atoms with E-state index < -0.39 is 10.8 Å². The van der Waals surface area contributed by atoms with E-state index in [4.69, 9.17) is 0 Å². The highest BCUT2D eigenvalue weighted by atomic mass is 32.2. The number of carbonyl (C=O) groups is 1. The summed E-state index contributed by atoms with van der Waals surface area (Å²) >= 11 is 2.72. The van der Waals surface area contributed by atoms with Crippen molar-refractivity contribution in [3.63, 3.8) is 0 Å². The monoisotopic (exact) mass is 404 g/mol. The number of non-ortho nitro benzene ring substituents is 1. The molecule has 0 saturated carbocycles. The lowest BCUT2D eigenvalue weighted by molar-refractivity contribution is -0.384. The van der Waals surface area contributed by atoms with Gasteiger partial charge in [-0.3, -0.25) is 20.2 Å². The van der Waals surface area contributed by atoms with Crippen LogP contribution in [0.2, 0.25) is 0 Å². The van der Waals surface area contributed by atoms with Crippen LogP contribution in [0.4, 0.5) is 15.2 Å². The molecule has 3 rings (SSSR count). The van der Waals surface area contributed by atoms with Gasteiger partial charge in [0.2, 0.25) is 5.13 Å². The number of anilines is 1. The zero-order valence-electron chi connectivity index (χ0n) is 13.8. The lowest BCUT2D eigenvalue weighted by Crippen LogP contribution is -2.11. The van der Waals surface area contributed by atoms with Gasteiger partial charge in [0.15, 0.2) is 0 Å². The fourth-order valence-corrected chi connectivity index (χ4v) is 3.93. The largest absolute Gasteiger partial charge is 0.296 e. The van der Waals surface area contributed by atoms with Crippen LogP contribution < -0.4 is 5.32 Å². The minimum atomic E-state index is -0.530. The Hall–Kier alpha value is -2.85. The molecule has 0 saturated heterocycles. The maximum absolute atomic E-state index is 13.6. The Labute approximate surface area is 161 Å². The van der Waals surface area contributed by atoms with Crippen molar-refractivity contribution in [1.82, 2.24) is 10.2 Å². The minimum absolute atomic E-state index is 0.0865. The van der Waals surface area contributed by atoms with E-state index in [0.717, 1.165) is 0 Å². The highest BCUT2D eigenvalue weighted by Gasteiger charge is 2.12. The predicted molar refractivity (Wildman–Crippen MR) is 102 cm³/mol. The molecule has 3 aromatic rings. The molecule has 1 amide bonds. The van der Waals surface area contributed by atoms with E-state index in [9.17, 15) is 19.3 Å². The third-order valence-corrected chi connectivity index (χ3v) is 5.48. The first-order valence-corrected chi connectivity index (χ1v) is 9.69. The maximum atomic E-state index is 13.6. The van der Waals surface area contributed by atoms with Crippen LogP contribution in [0.3, 0.4) is 0 Å². The van der Waals surface area contributed by atoms with Crippen molar-refractivity contribution in [2.75, 3.05) is 5.32 Å². The van der Waals surface area contributed by atoms with Gasteiger partial charge in [-0.2, -0.15) is 0 Å². The van der Waals surface area contributed by atoms with Crippen molar-refractivity contribution >= 4 is 39.8 Å². The molecule has 0 unspecified atom stereocenters. The van der Waals surface area contributed by atoms with Gasteiger partial charge in [0, 0.05) is 29.2 Å². The Morgan fingerprint density at radius 3 is 2.59 bits per heavy atom. The second-order valence-corrected chi connectivity index (χ2v) is 7.39. The molecular formula is C17H13FN4O3S2. The van der Waals surface area contributed by atoms with Gasteiger partial charge < -0.3 is 0 Å². The molecule has 1 aromatic heterocycles. The zero-order chi connectivity index (χ0) is 19.2. The smallest absolute Gasteiger partial charge is 0.269 e. The number of nitro groups is 1. The molecule has 0 aliphatic carbocycles. The third kappa shape index (κ3) is 5.08. The quantitative estimate of drug-likeness (QED) is 0.466. The number of rotatable bonds is 7. The van der Waals surface area contributed by atoms with Gasteiger partial charge in [0.05, 0.1) is 4.92 Å². The van der Waals surface area contributed by atoms with E-state index in [-0.39, 0.29) is 17.1 Å². The summed E-state index contributed by atoms with van der Waals surface area (Å²) in [5.41, 5.74) is 0.821. The Bertz CT molecular complexity index is 963. The van der Waals surface area contributed by atoms with Crippen LogP contribution in [0.1, 0.15) is 20.9 Å². The first kappa shape index (κ1) is 18.9. The van der Waals surface area contributed by atoms with E-state index in [1.807, 2.05) is 0 Å². The van der Waals surface area contributed by atoms with Crippen LogP contribution in [0.25, 0.3) is 0 Å². The SMILES string of the molecule is O=C(Nc1nnc(CSCc2ccccc2F)s1)c1ccc([N+](=O)[O-])cc1. The summed E-state index contributed by atoms with van der Waals surface area (Å²) in [5, 5.41) is 22.2. The highest BCUT2D eigenvalue weighted by Crippen LogP contribution is 2.24. The topological polar surface area (TPSA) is 98.0 Å². The Morgan fingerprint density at radius 1 is 1.15 bits per heavy atom. The Kier molecular flexibility index (Phi) is 6.09. The van der Waals surface area contributed by atoms with E-state index in [1.165, 1.54) is 53.4 Å². The molecule has 10 heteroatoms. The van der Waals surface area contributed by atoms with E-state index in [0.29, 0.717) is 27.2 Å². The fourth-order valence-electron chi connectivity index (χ4n) is 2.13. The molecule has 0 atom stereocenters. The van der Waals surface area contributed by atoms with Crippen LogP contribution in [-0.2, 0) is 11.5 Å². The molecule has 2 aromatic carbocycles. The van der Waals surface area contributed by atoms with Crippen LogP contribution in [0.15, 0.2) is 48.5 Å². The summed E-state index contributed by atoms with van der Waals surface area (Å²) in [7, 11) is 0. The zero-order valence-corrected chi connectivity index (χ0v) is 15.4. The average Bonchev–Trinajstić information content (AvgIpc) is 3.10. The van der Waals surface area contributed by atoms with E-state index >= 15 is 0 Å². The summed E-state index contributed by atoms with van der Waals surface area (Å²) in [6, 6.07) is 11.9. The normalized spacial score (nSPS) is 10.6. The second-order valence-electron chi connectivity index (χ2n) is 5.34. The van der Waals surface area contributed by atoms with Crippen molar-refractivity contribution in [3.05, 3.63) is 80.6 Å². The van der Waals surface area contributed by atoms with Gasteiger partial charge in [0.1, 0.15) is 10.8 Å². The summed E-state index contributed by atoms with van der Waals surface area (Å²) in [4.78, 5) is 22.3. The number of nitrogens with one attached hydrogen (secondary N) is 1. The Balaban J connectivity index is 1.53. The molecule has 0 bridgehead atoms. The van der Waals surface area contributed by atoms with Crippen LogP contribution in [0, 0.1) is 15.9 Å². The summed E-state index contributed by atoms with van der Waals surface area (Å²) in [5.74, 6) is 0.390. The number of benzene rings is 2. The highest BCUT2D eigenvalue weighted by molar-refractivity contribution is 7.97. The number of aromatic nitrogens is 2. The first-order chi connectivity index (χ1) is 13.0. The van der Waals surface area contributed by atoms with E-state index in [1.54, 1.807) is 18.2 Å². The van der Waals surface area contributed by atoms with Crippen molar-refractivity contribution in [3.8, 4) is 0 Å². The van der Waals surface area contributed by atoms with Gasteiger partial charge >= 0.3 is 0 Å². The van der Waals surface area contributed by atoms with Crippen molar-refractivity contribution < 1.29 is 14.1 Å². The van der Waals surface area contributed by atoms with E-state index in [2.05, 4.69) is 15.5 Å². The van der Waals surface area contributed by atoms with Crippen molar-refractivity contribution in [1.29, 1.82) is 0 Å². The summed E-state index contributed by atoms with van der Waals surface area (Å²) in [6.07, 6.45) is 0. The van der Waals surface area contributed by atoms with Gasteiger partial charge in [-0.15, -0.1) is 22.0 Å². The molecule has 0 spiro atoms. The molecule has 1 heterocycles. The van der Waals surface area contributed by atoms with Crippen molar-refractivity contribution in [2.24, 2.45) is 0 Å². The number of nitro benzene ring substituents is 1. The number of hydrogen-bond donors (Lipinski definition) is 1. The first-order valence-electron chi connectivity index (χ1n) is 7.72.